The van der Waals surface area contributed by atoms with Gasteiger partial charge in [-0.05, 0) is 49.5 Å². The first-order chi connectivity index (χ1) is 13.3. The number of carbonyl (C=O) groups excluding carboxylic acids is 2. The molecule has 0 saturated heterocycles. The maximum Gasteiger partial charge on any atom is 0.435 e. The largest absolute Gasteiger partial charge is 0.435 e. The summed E-state index contributed by atoms with van der Waals surface area (Å²) in [4.78, 5) is 27.5. The molecular formula is C20H29BrF3N3O2. The number of rotatable bonds is 7. The Balaban J connectivity index is 0.00000139. The first-order valence-electron chi connectivity index (χ1n) is 9.26. The smallest absolute Gasteiger partial charge is 0.328 e. The van der Waals surface area contributed by atoms with Crippen molar-refractivity contribution in [2.75, 3.05) is 0 Å². The highest BCUT2D eigenvalue weighted by Gasteiger charge is 2.40. The molecule has 0 aliphatic carbocycles. The second kappa shape index (κ2) is 11.9. The maximum absolute atomic E-state index is 13.1. The molecule has 0 radical (unpaired) electrons. The molecule has 1 aromatic rings. The van der Waals surface area contributed by atoms with Crippen LogP contribution in [0.1, 0.15) is 77.0 Å². The molecule has 0 atom stereocenters. The molecule has 0 saturated carbocycles. The maximum atomic E-state index is 13.1. The van der Waals surface area contributed by atoms with Gasteiger partial charge < -0.3 is 9.88 Å². The molecular weight excluding hydrogens is 451 g/mol. The van der Waals surface area contributed by atoms with E-state index in [1.807, 2.05) is 27.7 Å². The summed E-state index contributed by atoms with van der Waals surface area (Å²) in [5.74, 6) is -1.25. The van der Waals surface area contributed by atoms with Crippen LogP contribution < -0.4 is 5.32 Å². The van der Waals surface area contributed by atoms with Crippen molar-refractivity contribution in [1.82, 2.24) is 14.9 Å². The minimum atomic E-state index is -4.78. The van der Waals surface area contributed by atoms with Crippen molar-refractivity contribution in [3.63, 3.8) is 0 Å². The Morgan fingerprint density at radius 2 is 1.62 bits per heavy atom. The normalized spacial score (nSPS) is 10.7. The van der Waals surface area contributed by atoms with Crippen molar-refractivity contribution < 1.29 is 22.8 Å². The van der Waals surface area contributed by atoms with Crippen molar-refractivity contribution in [3.8, 4) is 0 Å². The van der Waals surface area contributed by atoms with Crippen LogP contribution in [-0.2, 0) is 17.5 Å². The zero-order valence-corrected chi connectivity index (χ0v) is 19.3. The van der Waals surface area contributed by atoms with E-state index in [-0.39, 0.29) is 11.2 Å². The van der Waals surface area contributed by atoms with Gasteiger partial charge in [0.2, 0.25) is 5.91 Å². The van der Waals surface area contributed by atoms with Crippen LogP contribution in [0.3, 0.4) is 0 Å². The van der Waals surface area contributed by atoms with Gasteiger partial charge in [-0.2, -0.15) is 13.2 Å². The Bertz CT molecular complexity index is 777. The summed E-state index contributed by atoms with van der Waals surface area (Å²) in [6.45, 7) is 14.3. The highest BCUT2D eigenvalue weighted by atomic mass is 79.9. The molecule has 0 aliphatic heterocycles. The predicted molar refractivity (Wildman–Crippen MR) is 111 cm³/mol. The zero-order chi connectivity index (χ0) is 22.9. The van der Waals surface area contributed by atoms with E-state index in [2.05, 4.69) is 39.7 Å². The number of amides is 1. The van der Waals surface area contributed by atoms with E-state index in [1.165, 1.54) is 12.5 Å². The number of carbonyl (C=O) groups is 2. The first-order valence-corrected chi connectivity index (χ1v) is 10.1. The standard InChI is InChI=1S/C15H19BrF3N3O2.C5H10/c1-5-9(8(3)4)20-11(24)7-22-12(10(23)6-2)13(15(17,18)19)21-14(22)16;1-4-5(2)3/h5-7H2,1-4H3,(H,20,24);2,4H2,1,3H3. The summed E-state index contributed by atoms with van der Waals surface area (Å²) >= 11 is 2.91. The van der Waals surface area contributed by atoms with Crippen LogP contribution in [0.4, 0.5) is 13.2 Å². The first kappa shape index (κ1) is 27.1. The third-order valence-corrected chi connectivity index (χ3v) is 4.53. The van der Waals surface area contributed by atoms with E-state index >= 15 is 0 Å². The second-order valence-corrected chi connectivity index (χ2v) is 7.34. The fourth-order valence-electron chi connectivity index (χ4n) is 2.14. The second-order valence-electron chi connectivity index (χ2n) is 6.63. The summed E-state index contributed by atoms with van der Waals surface area (Å²) in [5.41, 5.74) is 0.950. The number of ketones is 1. The average molecular weight is 480 g/mol. The molecule has 1 amide bonds. The number of nitrogens with one attached hydrogen (secondary N) is 1. The molecule has 29 heavy (non-hydrogen) atoms. The lowest BCUT2D eigenvalue weighted by molar-refractivity contribution is -0.141. The van der Waals surface area contributed by atoms with Gasteiger partial charge in [-0.1, -0.05) is 31.9 Å². The summed E-state index contributed by atoms with van der Waals surface area (Å²) in [7, 11) is 0. The number of aromatic nitrogens is 2. The topological polar surface area (TPSA) is 64.0 Å². The number of Topliss-reactive ketones (excluding diaryl/α,β-unsaturated/α-hetero) is 1. The molecule has 164 valence electrons. The monoisotopic (exact) mass is 479 g/mol. The number of halogens is 4. The molecule has 1 aromatic heterocycles. The summed E-state index contributed by atoms with van der Waals surface area (Å²) in [5, 5.41) is 2.65. The highest BCUT2D eigenvalue weighted by molar-refractivity contribution is 9.10. The molecule has 1 heterocycles. The highest BCUT2D eigenvalue weighted by Crippen LogP contribution is 2.33. The lowest BCUT2D eigenvalue weighted by atomic mass is 10.2. The van der Waals surface area contributed by atoms with Gasteiger partial charge in [0.15, 0.2) is 16.2 Å². The van der Waals surface area contributed by atoms with Crippen molar-refractivity contribution in [3.05, 3.63) is 39.5 Å². The van der Waals surface area contributed by atoms with Gasteiger partial charge in [0.25, 0.3) is 0 Å². The van der Waals surface area contributed by atoms with E-state index < -0.39 is 35.8 Å². The minimum absolute atomic E-state index is 0.128. The summed E-state index contributed by atoms with van der Waals surface area (Å²) in [6.07, 6.45) is -3.22. The molecule has 0 fully saturated rings. The molecule has 1 N–H and O–H groups in total. The Hall–Kier alpha value is -1.90. The molecule has 0 aliphatic rings. The lowest BCUT2D eigenvalue weighted by Crippen LogP contribution is -2.29. The van der Waals surface area contributed by atoms with Gasteiger partial charge in [0.1, 0.15) is 12.2 Å². The Labute approximate surface area is 178 Å². The van der Waals surface area contributed by atoms with E-state index in [0.717, 1.165) is 16.6 Å². The molecule has 0 unspecified atom stereocenters. The van der Waals surface area contributed by atoms with Crippen LogP contribution in [-0.4, -0.2) is 21.2 Å². The fraction of sp³-hybridized carbons (Fsp3) is 0.550. The van der Waals surface area contributed by atoms with Gasteiger partial charge in [0, 0.05) is 12.1 Å². The van der Waals surface area contributed by atoms with Gasteiger partial charge >= 0.3 is 6.18 Å². The van der Waals surface area contributed by atoms with Crippen LogP contribution >= 0.6 is 15.9 Å². The van der Waals surface area contributed by atoms with Crippen molar-refractivity contribution >= 4 is 27.6 Å². The zero-order valence-electron chi connectivity index (χ0n) is 17.8. The number of hydrogen-bond donors (Lipinski definition) is 1. The van der Waals surface area contributed by atoms with Crippen molar-refractivity contribution in [1.29, 1.82) is 0 Å². The quantitative estimate of drug-likeness (QED) is 0.382. The Morgan fingerprint density at radius 1 is 1.10 bits per heavy atom. The Kier molecular flexibility index (Phi) is 11.2. The van der Waals surface area contributed by atoms with Crippen LogP contribution in [0.2, 0.25) is 0 Å². The van der Waals surface area contributed by atoms with Crippen molar-refractivity contribution in [2.45, 2.75) is 73.5 Å². The summed E-state index contributed by atoms with van der Waals surface area (Å²) < 4.78 is 40.0. The van der Waals surface area contributed by atoms with Crippen LogP contribution in [0.25, 0.3) is 0 Å². The number of imidazole rings is 1. The molecule has 1 rings (SSSR count). The van der Waals surface area contributed by atoms with Crippen molar-refractivity contribution in [2.24, 2.45) is 0 Å². The minimum Gasteiger partial charge on any atom is -0.328 e. The molecule has 0 aromatic carbocycles. The SMILES string of the molecule is C=C(C)CC.CCC(=O)c1c(C(F)(F)F)nc(Br)n1CC(=O)NC(CC)=C(C)C. The fourth-order valence-corrected chi connectivity index (χ4v) is 2.62. The molecule has 0 spiro atoms. The third-order valence-electron chi connectivity index (χ3n) is 3.93. The van der Waals surface area contributed by atoms with Crippen LogP contribution in [0.5, 0.6) is 0 Å². The van der Waals surface area contributed by atoms with Crippen LogP contribution in [0.15, 0.2) is 28.2 Å². The van der Waals surface area contributed by atoms with Gasteiger partial charge in [-0.25, -0.2) is 4.98 Å². The summed E-state index contributed by atoms with van der Waals surface area (Å²) in [6, 6.07) is 0. The molecule has 5 nitrogen and oxygen atoms in total. The molecule has 9 heteroatoms. The Morgan fingerprint density at radius 3 is 1.97 bits per heavy atom. The average Bonchev–Trinajstić information content (AvgIpc) is 2.95. The lowest BCUT2D eigenvalue weighted by Gasteiger charge is -2.13. The van der Waals surface area contributed by atoms with E-state index in [9.17, 15) is 22.8 Å². The number of allylic oxidation sites excluding steroid dienone is 3. The van der Waals surface area contributed by atoms with E-state index in [4.69, 9.17) is 0 Å². The predicted octanol–water partition coefficient (Wildman–Crippen LogP) is 6.05. The third kappa shape index (κ3) is 8.55. The van der Waals surface area contributed by atoms with E-state index in [1.54, 1.807) is 0 Å². The van der Waals surface area contributed by atoms with Crippen LogP contribution in [0, 0.1) is 0 Å². The molecule has 0 bridgehead atoms. The number of hydrogen-bond acceptors (Lipinski definition) is 3. The van der Waals surface area contributed by atoms with Gasteiger partial charge in [-0.3, -0.25) is 9.59 Å². The number of nitrogens with zero attached hydrogens (tertiary/aromatic N) is 2. The van der Waals surface area contributed by atoms with Gasteiger partial charge in [-0.15, -0.1) is 6.58 Å². The van der Waals surface area contributed by atoms with E-state index in [0.29, 0.717) is 12.1 Å². The van der Waals surface area contributed by atoms with Gasteiger partial charge in [0.05, 0.1) is 0 Å². The number of alkyl halides is 3.